The van der Waals surface area contributed by atoms with E-state index in [0.29, 0.717) is 11.3 Å². The highest BCUT2D eigenvalue weighted by Gasteiger charge is 2.10. The number of nitro benzene ring substituents is 1. The predicted octanol–water partition coefficient (Wildman–Crippen LogP) is 4.20. The molecule has 0 heterocycles. The molecule has 0 spiro atoms. The normalized spacial score (nSPS) is 10.2. The summed E-state index contributed by atoms with van der Waals surface area (Å²) in [5.74, 6) is 0.674. The lowest BCUT2D eigenvalue weighted by atomic mass is 10.2. The first-order valence-corrected chi connectivity index (χ1v) is 7.97. The number of halogens is 2. The lowest BCUT2D eigenvalue weighted by Gasteiger charge is -2.11. The maximum absolute atomic E-state index is 10.8. The summed E-state index contributed by atoms with van der Waals surface area (Å²) in [6.07, 6.45) is 0.786. The van der Waals surface area contributed by atoms with E-state index < -0.39 is 4.92 Å². The van der Waals surface area contributed by atoms with Crippen molar-refractivity contribution in [1.29, 1.82) is 0 Å². The van der Waals surface area contributed by atoms with Gasteiger partial charge in [0.2, 0.25) is 0 Å². The Kier molecular flexibility index (Phi) is 5.51. The maximum atomic E-state index is 10.8. The van der Waals surface area contributed by atoms with Crippen molar-refractivity contribution >= 4 is 57.2 Å². The number of aldehydes is 1. The van der Waals surface area contributed by atoms with Gasteiger partial charge >= 0.3 is 0 Å². The fraction of sp³-hybridized carbons (Fsp3) is 0.0714. The summed E-state index contributed by atoms with van der Waals surface area (Å²) in [5.41, 5.74) is 1.35. The van der Waals surface area contributed by atoms with Crippen molar-refractivity contribution in [2.45, 2.75) is 6.61 Å². The van der Waals surface area contributed by atoms with Crippen molar-refractivity contribution in [1.82, 2.24) is 0 Å². The average Bonchev–Trinajstić information content (AvgIpc) is 2.46. The van der Waals surface area contributed by atoms with Crippen LogP contribution in [0.3, 0.4) is 0 Å². The van der Waals surface area contributed by atoms with Gasteiger partial charge in [-0.1, -0.05) is 12.1 Å². The first-order chi connectivity index (χ1) is 10.0. The second-order valence-corrected chi connectivity index (χ2v) is 6.47. The zero-order chi connectivity index (χ0) is 15.4. The van der Waals surface area contributed by atoms with Crippen LogP contribution >= 0.6 is 45.2 Å². The average molecular weight is 509 g/mol. The van der Waals surface area contributed by atoms with Crippen LogP contribution in [0.5, 0.6) is 5.75 Å². The van der Waals surface area contributed by atoms with E-state index in [0.717, 1.165) is 19.0 Å². The Morgan fingerprint density at radius 1 is 1.19 bits per heavy atom. The SMILES string of the molecule is O=Cc1cc(I)c(OCc2cccc([N+](=O)[O-])c2)c(I)c1. The molecule has 7 heteroatoms. The first-order valence-electron chi connectivity index (χ1n) is 5.81. The number of carbonyl (C=O) groups excluding carboxylic acids is 1. The molecule has 0 saturated heterocycles. The van der Waals surface area contributed by atoms with Crippen molar-refractivity contribution < 1.29 is 14.5 Å². The number of hydrogen-bond donors (Lipinski definition) is 0. The van der Waals surface area contributed by atoms with Gasteiger partial charge in [0.05, 0.1) is 12.1 Å². The first kappa shape index (κ1) is 16.1. The zero-order valence-electron chi connectivity index (χ0n) is 10.6. The van der Waals surface area contributed by atoms with Crippen LogP contribution in [0.15, 0.2) is 36.4 Å². The molecule has 2 aromatic carbocycles. The minimum atomic E-state index is -0.435. The molecule has 0 N–H and O–H groups in total. The maximum Gasteiger partial charge on any atom is 0.269 e. The van der Waals surface area contributed by atoms with E-state index in [-0.39, 0.29) is 12.3 Å². The molecule has 0 aliphatic heterocycles. The fourth-order valence-corrected chi connectivity index (χ4v) is 3.83. The highest BCUT2D eigenvalue weighted by atomic mass is 127. The lowest BCUT2D eigenvalue weighted by Crippen LogP contribution is -2.00. The molecule has 0 saturated carbocycles. The van der Waals surface area contributed by atoms with Gasteiger partial charge in [-0.2, -0.15) is 0 Å². The van der Waals surface area contributed by atoms with Gasteiger partial charge in [0, 0.05) is 17.7 Å². The van der Waals surface area contributed by atoms with Gasteiger partial charge in [-0.05, 0) is 62.9 Å². The summed E-state index contributed by atoms with van der Waals surface area (Å²) in [6.45, 7) is 0.230. The number of carbonyl (C=O) groups is 1. The molecule has 0 atom stereocenters. The van der Waals surface area contributed by atoms with Gasteiger partial charge in [0.1, 0.15) is 18.6 Å². The van der Waals surface area contributed by atoms with Crippen LogP contribution in [-0.2, 0) is 6.61 Å². The van der Waals surface area contributed by atoms with Crippen LogP contribution in [0.1, 0.15) is 15.9 Å². The molecule has 0 aromatic heterocycles. The Bertz CT molecular complexity index is 680. The van der Waals surface area contributed by atoms with Crippen LogP contribution in [0.4, 0.5) is 5.69 Å². The Hall–Kier alpha value is -1.23. The summed E-state index contributed by atoms with van der Waals surface area (Å²) in [6, 6.07) is 9.79. The largest absolute Gasteiger partial charge is 0.487 e. The zero-order valence-corrected chi connectivity index (χ0v) is 14.9. The molecular weight excluding hydrogens is 500 g/mol. The topological polar surface area (TPSA) is 69.4 Å². The van der Waals surface area contributed by atoms with Crippen LogP contribution in [-0.4, -0.2) is 11.2 Å². The van der Waals surface area contributed by atoms with E-state index in [1.807, 2.05) is 0 Å². The summed E-state index contributed by atoms with van der Waals surface area (Å²) in [4.78, 5) is 21.1. The standard InChI is InChI=1S/C14H9I2NO4/c15-12-5-10(7-18)6-13(16)14(12)21-8-9-2-1-3-11(4-9)17(19)20/h1-7H,8H2. The van der Waals surface area contributed by atoms with E-state index in [4.69, 9.17) is 4.74 Å². The lowest BCUT2D eigenvalue weighted by molar-refractivity contribution is -0.384. The number of rotatable bonds is 5. The third-order valence-corrected chi connectivity index (χ3v) is 4.26. The second kappa shape index (κ2) is 7.16. The van der Waals surface area contributed by atoms with Crippen LogP contribution < -0.4 is 4.74 Å². The molecular formula is C14H9I2NO4. The number of nitro groups is 1. The summed E-state index contributed by atoms with van der Waals surface area (Å²) < 4.78 is 7.39. The minimum absolute atomic E-state index is 0.0387. The predicted molar refractivity (Wildman–Crippen MR) is 94.7 cm³/mol. The molecule has 5 nitrogen and oxygen atoms in total. The molecule has 0 unspecified atom stereocenters. The minimum Gasteiger partial charge on any atom is -0.487 e. The molecule has 108 valence electrons. The van der Waals surface area contributed by atoms with Gasteiger partial charge in [-0.15, -0.1) is 0 Å². The third-order valence-electron chi connectivity index (χ3n) is 2.66. The molecule has 0 aliphatic carbocycles. The molecule has 0 fully saturated rings. The summed E-state index contributed by atoms with van der Waals surface area (Å²) >= 11 is 4.20. The number of benzene rings is 2. The summed E-state index contributed by atoms with van der Waals surface area (Å²) in [7, 11) is 0. The van der Waals surface area contributed by atoms with E-state index in [1.54, 1.807) is 24.3 Å². The molecule has 2 aromatic rings. The molecule has 0 aliphatic rings. The van der Waals surface area contributed by atoms with Gasteiger partial charge < -0.3 is 4.74 Å². The highest BCUT2D eigenvalue weighted by molar-refractivity contribution is 14.1. The quantitative estimate of drug-likeness (QED) is 0.263. The Labute approximate surface area is 148 Å². The van der Waals surface area contributed by atoms with Crippen molar-refractivity contribution in [2.75, 3.05) is 0 Å². The van der Waals surface area contributed by atoms with Crippen LogP contribution in [0.2, 0.25) is 0 Å². The van der Waals surface area contributed by atoms with Gasteiger partial charge in [-0.25, -0.2) is 0 Å². The van der Waals surface area contributed by atoms with Crippen LogP contribution in [0.25, 0.3) is 0 Å². The smallest absolute Gasteiger partial charge is 0.269 e. The number of nitrogens with zero attached hydrogens (tertiary/aromatic N) is 1. The molecule has 2 rings (SSSR count). The van der Waals surface area contributed by atoms with Crippen molar-refractivity contribution in [2.24, 2.45) is 0 Å². The Balaban J connectivity index is 2.18. The summed E-state index contributed by atoms with van der Waals surface area (Å²) in [5, 5.41) is 10.7. The Morgan fingerprint density at radius 3 is 2.43 bits per heavy atom. The number of non-ortho nitro benzene ring substituents is 1. The van der Waals surface area contributed by atoms with Gasteiger partial charge in [-0.3, -0.25) is 14.9 Å². The van der Waals surface area contributed by atoms with Gasteiger partial charge in [0.15, 0.2) is 0 Å². The molecule has 21 heavy (non-hydrogen) atoms. The van der Waals surface area contributed by atoms with E-state index in [9.17, 15) is 14.9 Å². The van der Waals surface area contributed by atoms with E-state index >= 15 is 0 Å². The van der Waals surface area contributed by atoms with E-state index in [1.165, 1.54) is 12.1 Å². The van der Waals surface area contributed by atoms with Crippen molar-refractivity contribution in [3.63, 3.8) is 0 Å². The monoisotopic (exact) mass is 509 g/mol. The highest BCUT2D eigenvalue weighted by Crippen LogP contribution is 2.29. The fourth-order valence-electron chi connectivity index (χ4n) is 1.70. The third kappa shape index (κ3) is 4.13. The van der Waals surface area contributed by atoms with Gasteiger partial charge in [0.25, 0.3) is 5.69 Å². The molecule has 0 amide bonds. The second-order valence-electron chi connectivity index (χ2n) is 4.15. The molecule has 0 bridgehead atoms. The number of ether oxygens (including phenoxy) is 1. The Morgan fingerprint density at radius 2 is 1.86 bits per heavy atom. The van der Waals surface area contributed by atoms with Crippen LogP contribution in [0, 0.1) is 17.3 Å². The number of hydrogen-bond acceptors (Lipinski definition) is 4. The van der Waals surface area contributed by atoms with E-state index in [2.05, 4.69) is 45.2 Å². The molecule has 0 radical (unpaired) electrons. The van der Waals surface area contributed by atoms with Crippen molar-refractivity contribution in [3.8, 4) is 5.75 Å². The van der Waals surface area contributed by atoms with Crippen molar-refractivity contribution in [3.05, 3.63) is 64.8 Å².